The first kappa shape index (κ1) is 19.7. The van der Waals surface area contributed by atoms with Gasteiger partial charge in [0, 0.05) is 31.5 Å². The van der Waals surface area contributed by atoms with E-state index < -0.39 is 28.4 Å². The second kappa shape index (κ2) is 7.53. The quantitative estimate of drug-likeness (QED) is 0.853. The van der Waals surface area contributed by atoms with E-state index in [0.717, 1.165) is 22.0 Å². The summed E-state index contributed by atoms with van der Waals surface area (Å²) in [5, 5.41) is 1.50. The second-order valence-electron chi connectivity index (χ2n) is 6.67. The molecule has 2 atom stereocenters. The number of alkyl halides is 3. The van der Waals surface area contributed by atoms with Crippen LogP contribution in [0.1, 0.15) is 17.4 Å². The molecule has 1 saturated heterocycles. The minimum absolute atomic E-state index is 0.00521. The van der Waals surface area contributed by atoms with Crippen molar-refractivity contribution in [1.29, 1.82) is 0 Å². The maximum atomic E-state index is 13.0. The fourth-order valence-corrected chi connectivity index (χ4v) is 3.22. The van der Waals surface area contributed by atoms with Crippen LogP contribution in [0.25, 0.3) is 0 Å². The predicted octanol–water partition coefficient (Wildman–Crippen LogP) is 2.25. The smallest absolute Gasteiger partial charge is 0.378 e. The van der Waals surface area contributed by atoms with Crippen LogP contribution >= 0.6 is 11.6 Å². The summed E-state index contributed by atoms with van der Waals surface area (Å²) in [5.41, 5.74) is 0.396. The molecule has 9 heteroatoms. The Morgan fingerprint density at radius 2 is 1.96 bits per heavy atom. The molecule has 5 nitrogen and oxygen atoms in total. The van der Waals surface area contributed by atoms with Crippen molar-refractivity contribution in [3.05, 3.63) is 63.0 Å². The fourth-order valence-electron chi connectivity index (χ4n) is 3.00. The number of aromatic nitrogens is 1. The molecule has 1 aliphatic heterocycles. The lowest BCUT2D eigenvalue weighted by atomic mass is 10.2. The van der Waals surface area contributed by atoms with Gasteiger partial charge in [0.25, 0.3) is 5.56 Å². The lowest BCUT2D eigenvalue weighted by Gasteiger charge is -2.15. The first-order chi connectivity index (χ1) is 12.6. The topological polar surface area (TPSA) is 51.1 Å². The highest BCUT2D eigenvalue weighted by Gasteiger charge is 2.34. The molecule has 0 amide bonds. The van der Waals surface area contributed by atoms with Crippen molar-refractivity contribution in [1.82, 2.24) is 4.57 Å². The van der Waals surface area contributed by atoms with Gasteiger partial charge in [-0.05, 0) is 30.3 Å². The van der Waals surface area contributed by atoms with Crippen LogP contribution in [0.15, 0.2) is 41.3 Å². The minimum Gasteiger partial charge on any atom is -0.378 e. The van der Waals surface area contributed by atoms with E-state index >= 15 is 0 Å². The number of quaternary nitrogens is 1. The van der Waals surface area contributed by atoms with Gasteiger partial charge in [-0.25, -0.2) is 0 Å². The second-order valence-corrected chi connectivity index (χ2v) is 7.08. The number of benzene rings is 1. The molecule has 3 rings (SSSR count). The van der Waals surface area contributed by atoms with E-state index in [2.05, 4.69) is 0 Å². The van der Waals surface area contributed by atoms with Gasteiger partial charge >= 0.3 is 6.18 Å². The molecule has 0 radical (unpaired) electrons. The fraction of sp³-hybridized carbons (Fsp3) is 0.389. The normalized spacial score (nSPS) is 20.1. The highest BCUT2D eigenvalue weighted by molar-refractivity contribution is 6.30. The lowest BCUT2D eigenvalue weighted by Crippen LogP contribution is -2.82. The monoisotopic (exact) mass is 402 g/mol. The number of rotatable bonds is 4. The lowest BCUT2D eigenvalue weighted by molar-refractivity contribution is -0.697. The Bertz CT molecular complexity index is 866. The van der Waals surface area contributed by atoms with Crippen molar-refractivity contribution in [2.24, 2.45) is 0 Å². The van der Waals surface area contributed by atoms with Crippen LogP contribution in [0, 0.1) is 0 Å². The average Bonchev–Trinajstić information content (AvgIpc) is 3.06. The minimum atomic E-state index is -4.57. The zero-order valence-electron chi connectivity index (χ0n) is 14.8. The Labute approximate surface area is 159 Å². The highest BCUT2D eigenvalue weighted by atomic mass is 35.5. The maximum absolute atomic E-state index is 13.0. The van der Waals surface area contributed by atoms with Crippen molar-refractivity contribution in [2.75, 3.05) is 25.5 Å². The van der Waals surface area contributed by atoms with Gasteiger partial charge in [-0.15, -0.1) is 0 Å². The van der Waals surface area contributed by atoms with Gasteiger partial charge in [-0.1, -0.05) is 11.6 Å². The van der Waals surface area contributed by atoms with Crippen molar-refractivity contribution < 1.29 is 23.2 Å². The third-order valence-corrected chi connectivity index (χ3v) is 4.73. The van der Waals surface area contributed by atoms with Crippen molar-refractivity contribution in [3.63, 3.8) is 0 Å². The highest BCUT2D eigenvalue weighted by Crippen LogP contribution is 2.30. The number of pyridine rings is 1. The molecule has 1 aromatic carbocycles. The van der Waals surface area contributed by atoms with Gasteiger partial charge in [0.05, 0.1) is 12.1 Å². The van der Waals surface area contributed by atoms with Crippen LogP contribution in [0.4, 0.5) is 18.9 Å². The third-order valence-electron chi connectivity index (χ3n) is 4.46. The summed E-state index contributed by atoms with van der Waals surface area (Å²) in [6.45, 7) is 0.533. The van der Waals surface area contributed by atoms with Crippen molar-refractivity contribution in [3.8, 4) is 0 Å². The van der Waals surface area contributed by atoms with E-state index in [1.807, 2.05) is 48.6 Å². The van der Waals surface area contributed by atoms with E-state index in [-0.39, 0.29) is 12.8 Å². The zero-order valence-corrected chi connectivity index (χ0v) is 15.6. The number of halogens is 4. The molecule has 2 heterocycles. The standard InChI is InChI=1S/C18H19ClF3N3O2/c1-24(2)13-5-3-11(4-6-13)16-23-8-14(27-16)10-25-9-12(18(20,21)22)7-15(19)17(25)26/h3-7,9,14,16,23H,8,10H2,1-2H3/p+1/t14-,16-/m1/s1. The van der Waals surface area contributed by atoms with Crippen LogP contribution in [0.3, 0.4) is 0 Å². The van der Waals surface area contributed by atoms with E-state index in [4.69, 9.17) is 16.3 Å². The molecule has 27 heavy (non-hydrogen) atoms. The van der Waals surface area contributed by atoms with E-state index in [1.54, 1.807) is 0 Å². The van der Waals surface area contributed by atoms with Crippen LogP contribution in [-0.2, 0) is 17.5 Å². The first-order valence-electron chi connectivity index (χ1n) is 8.38. The Hall–Kier alpha value is -2.03. The van der Waals surface area contributed by atoms with E-state index in [1.165, 1.54) is 0 Å². The molecule has 0 saturated carbocycles. The maximum Gasteiger partial charge on any atom is 0.417 e. The molecule has 0 bridgehead atoms. The number of anilines is 1. The molecule has 2 N–H and O–H groups in total. The summed E-state index contributed by atoms with van der Waals surface area (Å²) in [6.07, 6.45) is -4.45. The Morgan fingerprint density at radius 1 is 1.30 bits per heavy atom. The largest absolute Gasteiger partial charge is 0.417 e. The molecule has 1 aromatic heterocycles. The molecular formula is C18H20ClF3N3O2+. The van der Waals surface area contributed by atoms with E-state index in [0.29, 0.717) is 12.6 Å². The molecule has 1 aliphatic rings. The number of hydrogen-bond donors (Lipinski definition) is 1. The molecule has 1 fully saturated rings. The van der Waals surface area contributed by atoms with Crippen LogP contribution in [-0.4, -0.2) is 31.3 Å². The van der Waals surface area contributed by atoms with Gasteiger partial charge in [0.1, 0.15) is 17.7 Å². The summed E-state index contributed by atoms with van der Waals surface area (Å²) < 4.78 is 45.7. The molecule has 0 unspecified atom stereocenters. The molecule has 2 aromatic rings. The SMILES string of the molecule is CN(C)c1ccc([C@@H]2[NH2+]C[C@H](Cn3cc(C(F)(F)F)cc(Cl)c3=O)O2)cc1. The summed E-state index contributed by atoms with van der Waals surface area (Å²) in [7, 11) is 3.89. The summed E-state index contributed by atoms with van der Waals surface area (Å²) >= 11 is 5.69. The third kappa shape index (κ3) is 4.45. The first-order valence-corrected chi connectivity index (χ1v) is 8.76. The van der Waals surface area contributed by atoms with Crippen molar-refractivity contribution in [2.45, 2.75) is 25.1 Å². The zero-order chi connectivity index (χ0) is 19.8. The summed E-state index contributed by atoms with van der Waals surface area (Å²) in [4.78, 5) is 14.1. The van der Waals surface area contributed by atoms with Crippen LogP contribution < -0.4 is 15.8 Å². The summed E-state index contributed by atoms with van der Waals surface area (Å²) in [6, 6.07) is 8.49. The Kier molecular flexibility index (Phi) is 5.50. The van der Waals surface area contributed by atoms with E-state index in [9.17, 15) is 18.0 Å². The van der Waals surface area contributed by atoms with Crippen LogP contribution in [0.2, 0.25) is 5.02 Å². The van der Waals surface area contributed by atoms with Crippen LogP contribution in [0.5, 0.6) is 0 Å². The van der Waals surface area contributed by atoms with Crippen molar-refractivity contribution >= 4 is 17.3 Å². The average molecular weight is 403 g/mol. The summed E-state index contributed by atoms with van der Waals surface area (Å²) in [5.74, 6) is 0. The molecule has 0 aliphatic carbocycles. The number of ether oxygens (including phenoxy) is 1. The molecule has 0 spiro atoms. The van der Waals surface area contributed by atoms with Gasteiger partial charge < -0.3 is 19.5 Å². The Morgan fingerprint density at radius 3 is 2.56 bits per heavy atom. The van der Waals surface area contributed by atoms with Gasteiger partial charge in [0.15, 0.2) is 0 Å². The molecule has 146 valence electrons. The number of nitrogens with two attached hydrogens (primary N) is 1. The number of hydrogen-bond acceptors (Lipinski definition) is 3. The number of nitrogens with zero attached hydrogens (tertiary/aromatic N) is 2. The molecular weight excluding hydrogens is 383 g/mol. The van der Waals surface area contributed by atoms with Gasteiger partial charge in [-0.2, -0.15) is 13.2 Å². The Balaban J connectivity index is 1.73. The van der Waals surface area contributed by atoms with Gasteiger partial charge in [-0.3, -0.25) is 4.79 Å². The predicted molar refractivity (Wildman–Crippen MR) is 95.9 cm³/mol. The van der Waals surface area contributed by atoms with Gasteiger partial charge in [0.2, 0.25) is 6.23 Å².